The first-order chi connectivity index (χ1) is 8.37. The van der Waals surface area contributed by atoms with Gasteiger partial charge in [-0.3, -0.25) is 0 Å². The average Bonchev–Trinajstić information content (AvgIpc) is 2.26. The van der Waals surface area contributed by atoms with Gasteiger partial charge in [-0.05, 0) is 60.1 Å². The van der Waals surface area contributed by atoms with Crippen molar-refractivity contribution in [3.63, 3.8) is 0 Å². The molecule has 17 heavy (non-hydrogen) atoms. The Kier molecular flexibility index (Phi) is 1.91. The van der Waals surface area contributed by atoms with E-state index in [-0.39, 0.29) is 0 Å². The zero-order valence-electron chi connectivity index (χ0n) is 10.2. The Morgan fingerprint density at radius 1 is 1.18 bits per heavy atom. The highest BCUT2D eigenvalue weighted by molar-refractivity contribution is 5.43. The molecule has 0 N–H and O–H groups in total. The minimum absolute atomic E-state index is 0.472. The van der Waals surface area contributed by atoms with Crippen LogP contribution in [0.3, 0.4) is 0 Å². The molecule has 2 unspecified atom stereocenters. The van der Waals surface area contributed by atoms with E-state index in [2.05, 4.69) is 42.5 Å². The van der Waals surface area contributed by atoms with Crippen LogP contribution >= 0.6 is 0 Å². The monoisotopic (exact) mass is 222 g/mol. The molecule has 0 heterocycles. The molecule has 0 aliphatic heterocycles. The van der Waals surface area contributed by atoms with Gasteiger partial charge in [-0.25, -0.2) is 0 Å². The fraction of sp³-hybridized carbons (Fsp3) is 0.412. The van der Waals surface area contributed by atoms with E-state index in [0.29, 0.717) is 5.41 Å². The predicted molar refractivity (Wildman–Crippen MR) is 71.0 cm³/mol. The Labute approximate surface area is 103 Å². The van der Waals surface area contributed by atoms with Crippen LogP contribution < -0.4 is 0 Å². The van der Waals surface area contributed by atoms with E-state index in [9.17, 15) is 0 Å². The molecular formula is C17H18. The van der Waals surface area contributed by atoms with Gasteiger partial charge in [0.25, 0.3) is 0 Å². The van der Waals surface area contributed by atoms with Crippen molar-refractivity contribution in [1.82, 2.24) is 0 Å². The third kappa shape index (κ3) is 1.30. The highest BCUT2D eigenvalue weighted by atomic mass is 14.5. The summed E-state index contributed by atoms with van der Waals surface area (Å²) in [6, 6.07) is 6.91. The normalized spacial score (nSPS) is 32.4. The van der Waals surface area contributed by atoms with Crippen molar-refractivity contribution in [3.05, 3.63) is 59.2 Å². The lowest BCUT2D eigenvalue weighted by Gasteiger charge is -2.49. The van der Waals surface area contributed by atoms with Gasteiger partial charge in [-0.1, -0.05) is 42.5 Å². The van der Waals surface area contributed by atoms with Gasteiger partial charge in [0.05, 0.1) is 0 Å². The lowest BCUT2D eigenvalue weighted by molar-refractivity contribution is 0.124. The minimum atomic E-state index is 0.472. The zero-order valence-corrected chi connectivity index (χ0v) is 10.2. The van der Waals surface area contributed by atoms with Crippen LogP contribution in [0.1, 0.15) is 29.5 Å². The maximum Gasteiger partial charge on any atom is -0.00116 e. The molecule has 4 rings (SSSR count). The molecule has 0 saturated heterocycles. The summed E-state index contributed by atoms with van der Waals surface area (Å²) in [7, 11) is 0. The largest absolute Gasteiger partial charge is 0.0806 e. The van der Waals surface area contributed by atoms with Crippen LogP contribution in [0.25, 0.3) is 0 Å². The zero-order chi connectivity index (χ0) is 11.3. The third-order valence-electron chi connectivity index (χ3n) is 5.08. The smallest absolute Gasteiger partial charge is 0.00116 e. The SMILES string of the molecule is C1=CC2CCC2(Cc2cccc3c2CC3)C=C1. The molecule has 2 atom stereocenters. The van der Waals surface area contributed by atoms with Crippen molar-refractivity contribution in [2.45, 2.75) is 32.1 Å². The minimum Gasteiger partial charge on any atom is -0.0806 e. The highest BCUT2D eigenvalue weighted by Gasteiger charge is 2.44. The van der Waals surface area contributed by atoms with E-state index in [4.69, 9.17) is 0 Å². The highest BCUT2D eigenvalue weighted by Crippen LogP contribution is 2.53. The number of hydrogen-bond donors (Lipinski definition) is 0. The molecule has 0 amide bonds. The fourth-order valence-corrected chi connectivity index (χ4v) is 3.75. The average molecular weight is 222 g/mol. The molecule has 3 aliphatic carbocycles. The second-order valence-corrected chi connectivity index (χ2v) is 5.85. The van der Waals surface area contributed by atoms with Crippen LogP contribution in [-0.2, 0) is 19.3 Å². The second kappa shape index (κ2) is 3.35. The van der Waals surface area contributed by atoms with E-state index >= 15 is 0 Å². The van der Waals surface area contributed by atoms with Gasteiger partial charge >= 0.3 is 0 Å². The number of fused-ring (bicyclic) bond motifs is 2. The summed E-state index contributed by atoms with van der Waals surface area (Å²) >= 11 is 0. The number of hydrogen-bond acceptors (Lipinski definition) is 0. The van der Waals surface area contributed by atoms with Crippen molar-refractivity contribution in [1.29, 1.82) is 0 Å². The van der Waals surface area contributed by atoms with Crippen molar-refractivity contribution >= 4 is 0 Å². The summed E-state index contributed by atoms with van der Waals surface area (Å²) in [5.41, 5.74) is 5.36. The Morgan fingerprint density at radius 3 is 2.88 bits per heavy atom. The lowest BCUT2D eigenvalue weighted by atomic mass is 9.55. The molecule has 1 aromatic rings. The van der Waals surface area contributed by atoms with E-state index in [1.165, 1.54) is 32.1 Å². The van der Waals surface area contributed by atoms with Crippen LogP contribution in [0, 0.1) is 11.3 Å². The molecule has 3 aliphatic rings. The summed E-state index contributed by atoms with van der Waals surface area (Å²) in [6.07, 6.45) is 16.0. The van der Waals surface area contributed by atoms with Crippen LogP contribution in [0.2, 0.25) is 0 Å². The third-order valence-corrected chi connectivity index (χ3v) is 5.08. The number of benzene rings is 1. The standard InChI is InChI=1S/C17H18/c1-2-10-17(11-9-15(17)6-1)12-14-5-3-4-13-7-8-16(13)14/h1-6,10,15H,7-9,11-12H2. The Morgan fingerprint density at radius 2 is 2.18 bits per heavy atom. The molecular weight excluding hydrogens is 204 g/mol. The summed E-state index contributed by atoms with van der Waals surface area (Å²) in [5.74, 6) is 0.809. The van der Waals surface area contributed by atoms with E-state index in [0.717, 1.165) is 5.92 Å². The van der Waals surface area contributed by atoms with Crippen molar-refractivity contribution in [2.75, 3.05) is 0 Å². The van der Waals surface area contributed by atoms with E-state index < -0.39 is 0 Å². The molecule has 0 radical (unpaired) electrons. The summed E-state index contributed by atoms with van der Waals surface area (Å²) in [5, 5.41) is 0. The van der Waals surface area contributed by atoms with Crippen LogP contribution in [-0.4, -0.2) is 0 Å². The van der Waals surface area contributed by atoms with Gasteiger partial charge in [0, 0.05) is 0 Å². The van der Waals surface area contributed by atoms with E-state index in [1.807, 2.05) is 0 Å². The Hall–Kier alpha value is -1.30. The van der Waals surface area contributed by atoms with Gasteiger partial charge in [0.15, 0.2) is 0 Å². The molecule has 1 fully saturated rings. The summed E-state index contributed by atoms with van der Waals surface area (Å²) in [6.45, 7) is 0. The molecule has 0 aromatic heterocycles. The molecule has 0 heteroatoms. The molecule has 0 bridgehead atoms. The maximum atomic E-state index is 2.47. The fourth-order valence-electron chi connectivity index (χ4n) is 3.75. The number of aryl methyl sites for hydroxylation is 1. The maximum absolute atomic E-state index is 2.47. The van der Waals surface area contributed by atoms with E-state index in [1.54, 1.807) is 16.7 Å². The number of allylic oxidation sites excluding steroid dienone is 4. The van der Waals surface area contributed by atoms with Gasteiger partial charge in [-0.2, -0.15) is 0 Å². The molecule has 1 saturated carbocycles. The predicted octanol–water partition coefficient (Wildman–Crippen LogP) is 3.85. The first-order valence-corrected chi connectivity index (χ1v) is 6.83. The first kappa shape index (κ1) is 9.70. The van der Waals surface area contributed by atoms with Crippen LogP contribution in [0.15, 0.2) is 42.5 Å². The van der Waals surface area contributed by atoms with Gasteiger partial charge < -0.3 is 0 Å². The summed E-state index contributed by atoms with van der Waals surface area (Å²) in [4.78, 5) is 0. The van der Waals surface area contributed by atoms with Crippen molar-refractivity contribution in [2.24, 2.45) is 11.3 Å². The van der Waals surface area contributed by atoms with Crippen molar-refractivity contribution < 1.29 is 0 Å². The van der Waals surface area contributed by atoms with Gasteiger partial charge in [-0.15, -0.1) is 0 Å². The topological polar surface area (TPSA) is 0 Å². The Bertz CT molecular complexity index is 521. The summed E-state index contributed by atoms with van der Waals surface area (Å²) < 4.78 is 0. The molecule has 86 valence electrons. The quantitative estimate of drug-likeness (QED) is 0.713. The molecule has 1 aromatic carbocycles. The molecule has 0 nitrogen and oxygen atoms in total. The number of rotatable bonds is 2. The Balaban J connectivity index is 1.67. The van der Waals surface area contributed by atoms with Crippen LogP contribution in [0.5, 0.6) is 0 Å². The lowest BCUT2D eigenvalue weighted by Crippen LogP contribution is -2.40. The molecule has 0 spiro atoms. The van der Waals surface area contributed by atoms with Crippen LogP contribution in [0.4, 0.5) is 0 Å². The van der Waals surface area contributed by atoms with Gasteiger partial charge in [0.1, 0.15) is 0 Å². The van der Waals surface area contributed by atoms with Gasteiger partial charge in [0.2, 0.25) is 0 Å². The second-order valence-electron chi connectivity index (χ2n) is 5.85. The van der Waals surface area contributed by atoms with Crippen molar-refractivity contribution in [3.8, 4) is 0 Å². The first-order valence-electron chi connectivity index (χ1n) is 6.83.